The highest BCUT2D eigenvalue weighted by Crippen LogP contribution is 2.69. The molecule has 3 aromatic rings. The summed E-state index contributed by atoms with van der Waals surface area (Å²) in [5.74, 6) is -0.440. The van der Waals surface area contributed by atoms with E-state index in [9.17, 15) is 22.8 Å². The largest absolute Gasteiger partial charge is 0.492 e. The van der Waals surface area contributed by atoms with Gasteiger partial charge in [0, 0.05) is 20.7 Å². The van der Waals surface area contributed by atoms with Gasteiger partial charge in [0.05, 0.1) is 5.75 Å². The first-order valence-electron chi connectivity index (χ1n) is 9.32. The van der Waals surface area contributed by atoms with Crippen LogP contribution in [0.25, 0.3) is 0 Å². The molecule has 0 fully saturated rings. The zero-order chi connectivity index (χ0) is 21.7. The maximum atomic E-state index is 13.0. The van der Waals surface area contributed by atoms with Crippen molar-refractivity contribution in [1.29, 1.82) is 0 Å². The molecule has 0 saturated heterocycles. The van der Waals surface area contributed by atoms with E-state index in [2.05, 4.69) is 0 Å². The third-order valence-electron chi connectivity index (χ3n) is 4.34. The second-order valence-electron chi connectivity index (χ2n) is 6.70. The van der Waals surface area contributed by atoms with Crippen molar-refractivity contribution < 1.29 is 26.4 Å². The Hall–Kier alpha value is -1.98. The minimum atomic E-state index is -4.32. The summed E-state index contributed by atoms with van der Waals surface area (Å²) in [6.07, 6.45) is -0.119. The second kappa shape index (κ2) is 9.44. The van der Waals surface area contributed by atoms with Crippen molar-refractivity contribution in [3.8, 4) is 0 Å². The summed E-state index contributed by atoms with van der Waals surface area (Å²) in [5, 5.41) is 0. The lowest BCUT2D eigenvalue weighted by molar-refractivity contribution is 0.227. The van der Waals surface area contributed by atoms with Crippen LogP contribution in [-0.4, -0.2) is 37.4 Å². The maximum Gasteiger partial charge on any atom is 0.492 e. The van der Waals surface area contributed by atoms with Crippen molar-refractivity contribution in [3.63, 3.8) is 0 Å². The van der Waals surface area contributed by atoms with Crippen LogP contribution in [0.2, 0.25) is 6.04 Å². The van der Waals surface area contributed by atoms with Crippen molar-refractivity contribution in [1.82, 2.24) is 0 Å². The van der Waals surface area contributed by atoms with Crippen LogP contribution in [-0.2, 0) is 13.7 Å². The van der Waals surface area contributed by atoms with Gasteiger partial charge < -0.3 is 14.4 Å². The number of benzene rings is 3. The van der Waals surface area contributed by atoms with Gasteiger partial charge in [0.2, 0.25) is 0 Å². The molecule has 0 unspecified atom stereocenters. The van der Waals surface area contributed by atoms with E-state index in [-0.39, 0.29) is 12.5 Å². The van der Waals surface area contributed by atoms with E-state index < -0.39 is 35.0 Å². The van der Waals surface area contributed by atoms with Gasteiger partial charge in [0.25, 0.3) is 10.1 Å². The van der Waals surface area contributed by atoms with Crippen molar-refractivity contribution in [2.24, 2.45) is 0 Å². The van der Waals surface area contributed by atoms with E-state index in [1.54, 1.807) is 0 Å². The van der Waals surface area contributed by atoms with Gasteiger partial charge in [-0.25, -0.2) is 3.63 Å². The molecule has 3 rings (SSSR count). The fraction of sp³-hybridized carbons (Fsp3) is 0.143. The summed E-state index contributed by atoms with van der Waals surface area (Å²) in [4.78, 5) is 29.8. The number of hydrogen-bond acceptors (Lipinski definition) is 6. The van der Waals surface area contributed by atoms with Crippen LogP contribution in [0.4, 0.5) is 0 Å². The maximum absolute atomic E-state index is 13.0. The summed E-state index contributed by atoms with van der Waals surface area (Å²) < 4.78 is 32.1. The highest BCUT2D eigenvalue weighted by molar-refractivity contribution is 8.33. The lowest BCUT2D eigenvalue weighted by atomic mass is 10.4. The summed E-state index contributed by atoms with van der Waals surface area (Å²) in [6.45, 7) is 0. The fourth-order valence-corrected chi connectivity index (χ4v) is 9.34. The monoisotopic (exact) mass is 464 g/mol. The Kier molecular flexibility index (Phi) is 7.14. The Morgan fingerprint density at radius 2 is 1.03 bits per heavy atom. The van der Waals surface area contributed by atoms with Crippen LogP contribution >= 0.6 is 10.3 Å². The molecule has 3 aromatic carbocycles. The topological polar surface area (TPSA) is 104 Å². The van der Waals surface area contributed by atoms with Crippen LogP contribution in [0.1, 0.15) is 6.42 Å². The van der Waals surface area contributed by atoms with E-state index in [1.807, 2.05) is 91.0 Å². The molecule has 6 nitrogen and oxygen atoms in total. The van der Waals surface area contributed by atoms with Gasteiger partial charge >= 0.3 is 8.80 Å². The molecule has 0 radical (unpaired) electrons. The van der Waals surface area contributed by atoms with Gasteiger partial charge in [0.15, 0.2) is 0 Å². The Bertz CT molecular complexity index is 942. The zero-order valence-electron chi connectivity index (χ0n) is 16.2. The first kappa shape index (κ1) is 22.7. The quantitative estimate of drug-likeness (QED) is 0.419. The van der Waals surface area contributed by atoms with Gasteiger partial charge in [0.1, 0.15) is 0 Å². The van der Waals surface area contributed by atoms with E-state index in [1.165, 1.54) is 0 Å². The van der Waals surface area contributed by atoms with Crippen LogP contribution in [0.5, 0.6) is 0 Å². The standard InChI is InChI=1S/C21H24O6S2Si/c22-28(23,17-10-18-30(24,25)26)27-29(19-11-4-1-5-12-19,20-13-6-2-7-14-20)21-15-8-3-9-16-21/h1-9,11-16,24-26H,10,17-18H2. The molecule has 0 bridgehead atoms. The van der Waals surface area contributed by atoms with Gasteiger partial charge in [-0.3, -0.25) is 0 Å². The molecule has 3 N–H and O–H groups in total. The van der Waals surface area contributed by atoms with E-state index in [0.29, 0.717) is 0 Å². The molecule has 0 spiro atoms. The van der Waals surface area contributed by atoms with Crippen LogP contribution in [0.15, 0.2) is 106 Å². The Morgan fingerprint density at radius 1 is 0.667 bits per heavy atom. The second-order valence-corrected chi connectivity index (χ2v) is 13.3. The van der Waals surface area contributed by atoms with Crippen molar-refractivity contribution in [2.45, 2.75) is 27.2 Å². The molecular formula is C21H24O6S2Si. The molecule has 0 atom stereocenters. The van der Waals surface area contributed by atoms with E-state index >= 15 is 0 Å². The van der Waals surface area contributed by atoms with Crippen molar-refractivity contribution in [3.05, 3.63) is 91.0 Å². The zero-order valence-corrected chi connectivity index (χ0v) is 18.8. The average Bonchev–Trinajstić information content (AvgIpc) is 2.73. The highest BCUT2D eigenvalue weighted by atomic mass is 32.3. The lowest BCUT2D eigenvalue weighted by Crippen LogP contribution is -2.34. The predicted molar refractivity (Wildman–Crippen MR) is 118 cm³/mol. The van der Waals surface area contributed by atoms with Gasteiger partial charge in [-0.1, -0.05) is 54.6 Å². The van der Waals surface area contributed by atoms with Crippen molar-refractivity contribution in [2.75, 3.05) is 5.75 Å². The molecule has 30 heavy (non-hydrogen) atoms. The molecule has 160 valence electrons. The Labute approximate surface area is 179 Å². The van der Waals surface area contributed by atoms with Crippen LogP contribution in [0.3, 0.4) is 0 Å². The van der Waals surface area contributed by atoms with Crippen molar-refractivity contribution >= 4 is 29.2 Å². The summed E-state index contributed by atoms with van der Waals surface area (Å²) in [6, 6.07) is 27.3. The van der Waals surface area contributed by atoms with E-state index in [4.69, 9.17) is 3.63 Å². The van der Waals surface area contributed by atoms with Gasteiger partial charge in [-0.2, -0.15) is 8.42 Å². The first-order valence-corrected chi connectivity index (χ1v) is 14.5. The Morgan fingerprint density at radius 3 is 1.37 bits per heavy atom. The van der Waals surface area contributed by atoms with Gasteiger partial charge in [-0.05, 0) is 53.1 Å². The minimum Gasteiger partial charge on any atom is -0.390 e. The third kappa shape index (κ3) is 5.58. The molecular weight excluding hydrogens is 440 g/mol. The lowest BCUT2D eigenvalue weighted by Gasteiger charge is -2.39. The normalized spacial score (nSPS) is 13.2. The molecule has 0 aromatic heterocycles. The third-order valence-corrected chi connectivity index (χ3v) is 10.6. The highest BCUT2D eigenvalue weighted by Gasteiger charge is 2.37. The summed E-state index contributed by atoms with van der Waals surface area (Å²) >= 11 is 0. The Balaban J connectivity index is 2.12. The number of hydrogen-bond donors (Lipinski definition) is 3. The molecule has 0 heterocycles. The summed E-state index contributed by atoms with van der Waals surface area (Å²) in [5.41, 5.74) is 0. The first-order chi connectivity index (χ1) is 14.2. The molecule has 0 aliphatic heterocycles. The van der Waals surface area contributed by atoms with Crippen LogP contribution in [0, 0.1) is 0 Å². The predicted octanol–water partition coefficient (Wildman–Crippen LogP) is 3.54. The van der Waals surface area contributed by atoms with Gasteiger partial charge in [-0.15, -0.1) is 0 Å². The number of rotatable bonds is 9. The molecule has 0 aliphatic rings. The molecule has 9 heteroatoms. The molecule has 0 aliphatic carbocycles. The molecule has 0 amide bonds. The fourth-order valence-electron chi connectivity index (χ4n) is 3.04. The van der Waals surface area contributed by atoms with E-state index in [0.717, 1.165) is 14.7 Å². The molecule has 0 saturated carbocycles. The smallest absolute Gasteiger partial charge is 0.390 e. The minimum absolute atomic E-state index is 0.119. The average molecular weight is 465 g/mol. The van der Waals surface area contributed by atoms with Crippen LogP contribution < -0.4 is 0 Å². The summed E-state index contributed by atoms with van der Waals surface area (Å²) in [7, 11) is -11.0. The SMILES string of the molecule is O=S(=O)(CCC[Si](O)(O)O)OS(c1ccccc1)(c1ccccc1)c1ccccc1.